The SMILES string of the molecule is C=C/C=C\C1=C(C)c2c(N(c3ccccc3)c3cccc(-c4cccc5ccccc45)c3)cccc2C12C1CC3CC(C1)CC2C3. The Balaban J connectivity index is 1.26. The van der Waals surface area contributed by atoms with Gasteiger partial charge in [0, 0.05) is 22.4 Å². The minimum absolute atomic E-state index is 0.107. The number of hydrogen-bond acceptors (Lipinski definition) is 1. The normalized spacial score (nSPS) is 25.9. The minimum Gasteiger partial charge on any atom is -0.310 e. The number of hydrogen-bond donors (Lipinski definition) is 0. The van der Waals surface area contributed by atoms with Crippen LogP contribution >= 0.6 is 0 Å². The summed E-state index contributed by atoms with van der Waals surface area (Å²) in [6, 6.07) is 42.7. The smallest absolute Gasteiger partial charge is 0.0539 e. The summed E-state index contributed by atoms with van der Waals surface area (Å²) < 4.78 is 0. The molecule has 4 fully saturated rings. The molecule has 0 amide bonds. The van der Waals surface area contributed by atoms with Gasteiger partial charge in [0.2, 0.25) is 0 Å². The second-order valence-corrected chi connectivity index (χ2v) is 14.3. The van der Waals surface area contributed by atoms with Crippen molar-refractivity contribution in [3.05, 3.63) is 157 Å². The average Bonchev–Trinajstić information content (AvgIpc) is 3.34. The van der Waals surface area contributed by atoms with Crippen LogP contribution < -0.4 is 4.90 Å². The zero-order chi connectivity index (χ0) is 30.8. The Morgan fingerprint density at radius 3 is 2.15 bits per heavy atom. The van der Waals surface area contributed by atoms with E-state index in [2.05, 4.69) is 146 Å². The molecule has 5 aromatic carbocycles. The third kappa shape index (κ3) is 4.00. The molecule has 1 spiro atoms. The molecule has 1 nitrogen and oxygen atoms in total. The fourth-order valence-corrected chi connectivity index (χ4v) is 10.6. The lowest BCUT2D eigenvalue weighted by Crippen LogP contribution is -2.55. The maximum atomic E-state index is 4.08. The van der Waals surface area contributed by atoms with E-state index in [9.17, 15) is 0 Å². The summed E-state index contributed by atoms with van der Waals surface area (Å²) in [5.41, 5.74) is 12.3. The fraction of sp³-hybridized carbons (Fsp3) is 0.244. The highest BCUT2D eigenvalue weighted by Gasteiger charge is 2.61. The van der Waals surface area contributed by atoms with Crippen LogP contribution in [-0.2, 0) is 5.41 Å². The van der Waals surface area contributed by atoms with Gasteiger partial charge in [-0.15, -0.1) is 0 Å². The summed E-state index contributed by atoms with van der Waals surface area (Å²) in [5, 5.41) is 2.56. The molecule has 0 heterocycles. The van der Waals surface area contributed by atoms with Crippen LogP contribution in [0, 0.1) is 23.7 Å². The first-order valence-corrected chi connectivity index (χ1v) is 17.2. The van der Waals surface area contributed by atoms with Gasteiger partial charge in [0.1, 0.15) is 0 Å². The van der Waals surface area contributed by atoms with Crippen LogP contribution in [0.5, 0.6) is 0 Å². The number of allylic oxidation sites excluding steroid dienone is 5. The third-order valence-electron chi connectivity index (χ3n) is 12.0. The molecular formula is C45H41N. The molecule has 0 atom stereocenters. The van der Waals surface area contributed by atoms with E-state index in [0.717, 1.165) is 23.7 Å². The Kier molecular flexibility index (Phi) is 6.46. The molecule has 4 saturated carbocycles. The van der Waals surface area contributed by atoms with Crippen molar-refractivity contribution in [2.24, 2.45) is 23.7 Å². The van der Waals surface area contributed by atoms with Crippen LogP contribution in [0.25, 0.3) is 27.5 Å². The largest absolute Gasteiger partial charge is 0.310 e. The molecule has 46 heavy (non-hydrogen) atoms. The molecule has 0 N–H and O–H groups in total. The summed E-state index contributed by atoms with van der Waals surface area (Å²) in [5.74, 6) is 3.28. The predicted molar refractivity (Wildman–Crippen MR) is 195 cm³/mol. The molecule has 1 heteroatoms. The fourth-order valence-electron chi connectivity index (χ4n) is 10.6. The van der Waals surface area contributed by atoms with Crippen molar-refractivity contribution < 1.29 is 0 Å². The third-order valence-corrected chi connectivity index (χ3v) is 12.0. The standard InChI is InChI=1S/C45H41N/c1-3-4-21-41-30(2)44-42(45(41)35-25-31-24-32(27-35)28-36(45)26-31)22-12-23-43(44)46(37-16-6-5-7-17-37)38-18-10-15-34(29-38)40-20-11-14-33-13-8-9-19-39(33)40/h3-23,29,31-32,35-36H,1,24-28H2,2H3/b21-4-. The zero-order valence-corrected chi connectivity index (χ0v) is 26.7. The van der Waals surface area contributed by atoms with E-state index in [1.807, 2.05) is 6.08 Å². The van der Waals surface area contributed by atoms with E-state index in [1.54, 1.807) is 11.1 Å². The highest BCUT2D eigenvalue weighted by Crippen LogP contribution is 2.69. The first-order valence-electron chi connectivity index (χ1n) is 17.2. The highest BCUT2D eigenvalue weighted by molar-refractivity contribution is 5.98. The van der Waals surface area contributed by atoms with E-state index in [0.29, 0.717) is 0 Å². The van der Waals surface area contributed by atoms with Gasteiger partial charge in [0.25, 0.3) is 0 Å². The van der Waals surface area contributed by atoms with Gasteiger partial charge in [-0.1, -0.05) is 110 Å². The van der Waals surface area contributed by atoms with Crippen LogP contribution in [0.15, 0.2) is 146 Å². The van der Waals surface area contributed by atoms with Crippen LogP contribution in [0.2, 0.25) is 0 Å². The molecule has 0 radical (unpaired) electrons. The number of rotatable bonds is 6. The molecule has 0 aromatic heterocycles. The molecule has 226 valence electrons. The Labute approximate surface area is 273 Å². The van der Waals surface area contributed by atoms with Gasteiger partial charge in [-0.05, 0) is 132 Å². The zero-order valence-electron chi connectivity index (χ0n) is 26.7. The van der Waals surface area contributed by atoms with Crippen molar-refractivity contribution in [3.63, 3.8) is 0 Å². The van der Waals surface area contributed by atoms with Crippen molar-refractivity contribution in [1.29, 1.82) is 0 Å². The average molecular weight is 596 g/mol. The van der Waals surface area contributed by atoms with Crippen LogP contribution in [0.3, 0.4) is 0 Å². The Morgan fingerprint density at radius 1 is 0.696 bits per heavy atom. The summed E-state index contributed by atoms with van der Waals surface area (Å²) in [6.07, 6.45) is 13.6. The summed E-state index contributed by atoms with van der Waals surface area (Å²) >= 11 is 0. The van der Waals surface area contributed by atoms with E-state index in [1.165, 1.54) is 82.2 Å². The van der Waals surface area contributed by atoms with Crippen molar-refractivity contribution >= 4 is 33.4 Å². The highest BCUT2D eigenvalue weighted by atomic mass is 15.1. The van der Waals surface area contributed by atoms with Gasteiger partial charge < -0.3 is 4.90 Å². The molecule has 0 aliphatic heterocycles. The van der Waals surface area contributed by atoms with Gasteiger partial charge in [-0.3, -0.25) is 0 Å². The molecule has 0 saturated heterocycles. The Morgan fingerprint density at radius 2 is 1.37 bits per heavy atom. The first-order chi connectivity index (χ1) is 22.7. The monoisotopic (exact) mass is 595 g/mol. The topological polar surface area (TPSA) is 3.24 Å². The molecular weight excluding hydrogens is 555 g/mol. The summed E-state index contributed by atoms with van der Waals surface area (Å²) in [4.78, 5) is 2.51. The van der Waals surface area contributed by atoms with Gasteiger partial charge in [-0.2, -0.15) is 0 Å². The molecule has 5 aliphatic carbocycles. The quantitative estimate of drug-likeness (QED) is 0.177. The number of para-hydroxylation sites is 1. The molecule has 5 aromatic rings. The molecule has 5 aliphatic rings. The van der Waals surface area contributed by atoms with Crippen molar-refractivity contribution in [1.82, 2.24) is 0 Å². The minimum atomic E-state index is 0.107. The maximum absolute atomic E-state index is 4.08. The number of fused-ring (bicyclic) bond motifs is 2. The lowest BCUT2D eigenvalue weighted by molar-refractivity contribution is -0.0406. The number of nitrogens with zero attached hydrogens (tertiary/aromatic N) is 1. The predicted octanol–water partition coefficient (Wildman–Crippen LogP) is 12.2. The van der Waals surface area contributed by atoms with E-state index in [4.69, 9.17) is 0 Å². The van der Waals surface area contributed by atoms with E-state index >= 15 is 0 Å². The second-order valence-electron chi connectivity index (χ2n) is 14.3. The Hall–Kier alpha value is -4.62. The molecule has 10 rings (SSSR count). The maximum Gasteiger partial charge on any atom is 0.0539 e. The van der Waals surface area contributed by atoms with Crippen molar-refractivity contribution in [2.45, 2.75) is 44.4 Å². The van der Waals surface area contributed by atoms with Gasteiger partial charge in [0.05, 0.1) is 5.69 Å². The number of benzene rings is 5. The molecule has 0 unspecified atom stereocenters. The Bertz CT molecular complexity index is 2010. The first kappa shape index (κ1) is 27.7. The van der Waals surface area contributed by atoms with Gasteiger partial charge >= 0.3 is 0 Å². The second kappa shape index (κ2) is 10.7. The van der Waals surface area contributed by atoms with E-state index in [-0.39, 0.29) is 5.41 Å². The lowest BCUT2D eigenvalue weighted by atomic mass is 9.42. The van der Waals surface area contributed by atoms with Crippen molar-refractivity contribution in [3.8, 4) is 11.1 Å². The van der Waals surface area contributed by atoms with Crippen LogP contribution in [0.4, 0.5) is 17.1 Å². The van der Waals surface area contributed by atoms with Gasteiger partial charge in [-0.25, -0.2) is 0 Å². The lowest BCUT2D eigenvalue weighted by Gasteiger charge is -2.61. The summed E-state index contributed by atoms with van der Waals surface area (Å²) in [6.45, 7) is 6.48. The molecule has 4 bridgehead atoms. The van der Waals surface area contributed by atoms with Crippen molar-refractivity contribution in [2.75, 3.05) is 4.90 Å². The van der Waals surface area contributed by atoms with Gasteiger partial charge in [0.15, 0.2) is 0 Å². The number of anilines is 3. The van der Waals surface area contributed by atoms with Crippen LogP contribution in [0.1, 0.15) is 50.2 Å². The summed E-state index contributed by atoms with van der Waals surface area (Å²) in [7, 11) is 0. The van der Waals surface area contributed by atoms with E-state index < -0.39 is 0 Å². The van der Waals surface area contributed by atoms with Crippen LogP contribution in [-0.4, -0.2) is 0 Å².